The largest absolute Gasteiger partial charge is 0.472 e. The first kappa shape index (κ1) is 69.7. The average molecular weight is 1040 g/mol. The van der Waals surface area contributed by atoms with Gasteiger partial charge in [0.2, 0.25) is 0 Å². The standard InChI is InChI=1S/C60H111O11P/c1-4-7-10-13-16-19-22-24-26-28-30-32-35-38-41-44-47-50-59(63)70-56(52-61)54-68-72(65,66)69-55-57(53-67-58(62)49-46-43-40-37-34-21-18-15-12-9-6-3)71-60(64)51-48-45-42-39-36-33-31-29-27-25-23-20-17-14-11-8-5-2/h15,17-18,20,25,27,56-57,61H,4-14,16,19,21-24,26,28-55H2,1-3H3,(H,65,66)/b18-15-,20-17-,27-25-. The van der Waals surface area contributed by atoms with Crippen molar-refractivity contribution in [2.24, 2.45) is 0 Å². The third kappa shape index (κ3) is 52.6. The fraction of sp³-hybridized carbons (Fsp3) is 0.850. The molecule has 422 valence electrons. The van der Waals surface area contributed by atoms with Crippen molar-refractivity contribution < 1.29 is 52.2 Å². The van der Waals surface area contributed by atoms with E-state index in [2.05, 4.69) is 57.2 Å². The topological polar surface area (TPSA) is 155 Å². The molecule has 0 bridgehead atoms. The van der Waals surface area contributed by atoms with Crippen molar-refractivity contribution in [2.75, 3.05) is 26.4 Å². The average Bonchev–Trinajstić information content (AvgIpc) is 3.37. The number of carbonyl (C=O) groups is 3. The highest BCUT2D eigenvalue weighted by Crippen LogP contribution is 2.43. The normalized spacial score (nSPS) is 13.6. The molecule has 12 heteroatoms. The van der Waals surface area contributed by atoms with Crippen LogP contribution in [0.1, 0.15) is 290 Å². The zero-order valence-corrected chi connectivity index (χ0v) is 47.6. The van der Waals surface area contributed by atoms with Crippen LogP contribution in [0.3, 0.4) is 0 Å². The van der Waals surface area contributed by atoms with Crippen molar-refractivity contribution in [3.05, 3.63) is 36.5 Å². The molecule has 0 amide bonds. The molecule has 0 aliphatic rings. The molecule has 3 unspecified atom stereocenters. The van der Waals surface area contributed by atoms with Crippen LogP contribution in [0.2, 0.25) is 0 Å². The van der Waals surface area contributed by atoms with Crippen molar-refractivity contribution in [3.63, 3.8) is 0 Å². The van der Waals surface area contributed by atoms with Crippen LogP contribution in [0.5, 0.6) is 0 Å². The summed E-state index contributed by atoms with van der Waals surface area (Å²) in [5, 5.41) is 9.82. The predicted octanol–water partition coefficient (Wildman–Crippen LogP) is 17.6. The van der Waals surface area contributed by atoms with Crippen LogP contribution in [-0.2, 0) is 42.2 Å². The third-order valence-corrected chi connectivity index (χ3v) is 14.0. The van der Waals surface area contributed by atoms with Crippen molar-refractivity contribution in [2.45, 2.75) is 303 Å². The van der Waals surface area contributed by atoms with E-state index in [1.807, 2.05) is 0 Å². The number of phosphoric ester groups is 1. The highest BCUT2D eigenvalue weighted by molar-refractivity contribution is 7.47. The number of aliphatic hydroxyl groups is 1. The summed E-state index contributed by atoms with van der Waals surface area (Å²) in [6.07, 6.45) is 56.7. The molecule has 0 aliphatic carbocycles. The number of hydrogen-bond donors (Lipinski definition) is 2. The summed E-state index contributed by atoms with van der Waals surface area (Å²) in [5.41, 5.74) is 0. The van der Waals surface area contributed by atoms with Gasteiger partial charge in [-0.1, -0.05) is 237 Å². The number of esters is 3. The van der Waals surface area contributed by atoms with Gasteiger partial charge in [0.15, 0.2) is 6.10 Å². The molecule has 2 N–H and O–H groups in total. The summed E-state index contributed by atoms with van der Waals surface area (Å²) in [6.45, 7) is 4.61. The quantitative estimate of drug-likeness (QED) is 0.0197. The van der Waals surface area contributed by atoms with E-state index in [9.17, 15) is 28.9 Å². The van der Waals surface area contributed by atoms with Crippen LogP contribution < -0.4 is 0 Å². The van der Waals surface area contributed by atoms with E-state index >= 15 is 0 Å². The first-order valence-corrected chi connectivity index (χ1v) is 31.4. The number of aliphatic hydroxyl groups excluding tert-OH is 1. The van der Waals surface area contributed by atoms with Crippen LogP contribution in [-0.4, -0.2) is 66.5 Å². The van der Waals surface area contributed by atoms with E-state index in [0.29, 0.717) is 19.3 Å². The summed E-state index contributed by atoms with van der Waals surface area (Å²) in [4.78, 5) is 48.5. The molecule has 72 heavy (non-hydrogen) atoms. The Morgan fingerprint density at radius 1 is 0.389 bits per heavy atom. The molecule has 0 fully saturated rings. The van der Waals surface area contributed by atoms with Crippen molar-refractivity contribution in [1.82, 2.24) is 0 Å². The first-order valence-electron chi connectivity index (χ1n) is 29.9. The SMILES string of the molecule is CCCC/C=C\CCCCCCCC(=O)OCC(COP(=O)(O)OCC(CO)OC(=O)CCCCCCCCCCCCCCCCCCC)OC(=O)CCCCCCCCC/C=C\C/C=C\CCCCC. The minimum absolute atomic E-state index is 0.160. The minimum Gasteiger partial charge on any atom is -0.462 e. The summed E-state index contributed by atoms with van der Waals surface area (Å²) in [5.74, 6) is -1.47. The maximum atomic E-state index is 12.9. The van der Waals surface area contributed by atoms with Gasteiger partial charge in [0.05, 0.1) is 19.8 Å². The molecular formula is C60H111O11P. The molecule has 11 nitrogen and oxygen atoms in total. The van der Waals surface area contributed by atoms with E-state index in [-0.39, 0.29) is 25.9 Å². The van der Waals surface area contributed by atoms with Crippen LogP contribution in [0.25, 0.3) is 0 Å². The van der Waals surface area contributed by atoms with Crippen molar-refractivity contribution in [1.29, 1.82) is 0 Å². The Kier molecular flexibility index (Phi) is 53.2. The number of ether oxygens (including phenoxy) is 3. The Balaban J connectivity index is 4.63. The Labute approximate surface area is 441 Å². The lowest BCUT2D eigenvalue weighted by Crippen LogP contribution is -2.30. The Bertz CT molecular complexity index is 1350. The summed E-state index contributed by atoms with van der Waals surface area (Å²) < 4.78 is 39.5. The third-order valence-electron chi connectivity index (χ3n) is 13.0. The van der Waals surface area contributed by atoms with Gasteiger partial charge in [-0.25, -0.2) is 4.57 Å². The highest BCUT2D eigenvalue weighted by atomic mass is 31.2. The second kappa shape index (κ2) is 54.9. The lowest BCUT2D eigenvalue weighted by molar-refractivity contribution is -0.161. The summed E-state index contributed by atoms with van der Waals surface area (Å²) in [6, 6.07) is 0. The van der Waals surface area contributed by atoms with Gasteiger partial charge in [0.25, 0.3) is 0 Å². The molecule has 0 aromatic carbocycles. The highest BCUT2D eigenvalue weighted by Gasteiger charge is 2.28. The molecule has 0 heterocycles. The van der Waals surface area contributed by atoms with Gasteiger partial charge in [-0.15, -0.1) is 0 Å². The maximum absolute atomic E-state index is 12.9. The van der Waals surface area contributed by atoms with Gasteiger partial charge >= 0.3 is 25.7 Å². The van der Waals surface area contributed by atoms with Crippen LogP contribution >= 0.6 is 7.82 Å². The van der Waals surface area contributed by atoms with E-state index in [0.717, 1.165) is 96.3 Å². The van der Waals surface area contributed by atoms with Crippen molar-refractivity contribution in [3.8, 4) is 0 Å². The monoisotopic (exact) mass is 1040 g/mol. The lowest BCUT2D eigenvalue weighted by atomic mass is 10.0. The van der Waals surface area contributed by atoms with Crippen LogP contribution in [0.15, 0.2) is 36.5 Å². The first-order chi connectivity index (χ1) is 35.2. The molecule has 0 saturated carbocycles. The molecular weight excluding hydrogens is 928 g/mol. The minimum atomic E-state index is -4.75. The fourth-order valence-electron chi connectivity index (χ4n) is 8.43. The summed E-state index contributed by atoms with van der Waals surface area (Å²) in [7, 11) is -4.75. The number of unbranched alkanes of at least 4 members (excludes halogenated alkanes) is 33. The van der Waals surface area contributed by atoms with Crippen LogP contribution in [0.4, 0.5) is 0 Å². The Hall–Kier alpha value is -2.30. The smallest absolute Gasteiger partial charge is 0.462 e. The zero-order valence-electron chi connectivity index (χ0n) is 46.7. The van der Waals surface area contributed by atoms with Gasteiger partial charge in [0, 0.05) is 19.3 Å². The van der Waals surface area contributed by atoms with E-state index in [1.165, 1.54) is 135 Å². The molecule has 0 saturated heterocycles. The second-order valence-electron chi connectivity index (χ2n) is 20.2. The number of hydrogen-bond acceptors (Lipinski definition) is 10. The molecule has 0 aromatic heterocycles. The van der Waals surface area contributed by atoms with Crippen LogP contribution in [0, 0.1) is 0 Å². The van der Waals surface area contributed by atoms with E-state index < -0.39 is 57.8 Å². The fourth-order valence-corrected chi connectivity index (χ4v) is 9.21. The molecule has 3 atom stereocenters. The number of allylic oxidation sites excluding steroid dienone is 6. The molecule has 0 radical (unpaired) electrons. The number of rotatable bonds is 56. The Morgan fingerprint density at radius 2 is 0.694 bits per heavy atom. The summed E-state index contributed by atoms with van der Waals surface area (Å²) >= 11 is 0. The lowest BCUT2D eigenvalue weighted by Gasteiger charge is -2.21. The van der Waals surface area contributed by atoms with Gasteiger partial charge in [0.1, 0.15) is 12.7 Å². The number of carbonyl (C=O) groups excluding carboxylic acids is 3. The Morgan fingerprint density at radius 3 is 1.11 bits per heavy atom. The molecule has 0 rings (SSSR count). The van der Waals surface area contributed by atoms with Gasteiger partial charge < -0.3 is 24.2 Å². The van der Waals surface area contributed by atoms with Gasteiger partial charge in [-0.05, 0) is 70.6 Å². The molecule has 0 aliphatic heterocycles. The molecule has 0 aromatic rings. The second-order valence-corrected chi connectivity index (χ2v) is 21.6. The number of phosphoric acid groups is 1. The van der Waals surface area contributed by atoms with E-state index in [1.54, 1.807) is 0 Å². The van der Waals surface area contributed by atoms with E-state index in [4.69, 9.17) is 23.3 Å². The molecule has 0 spiro atoms. The maximum Gasteiger partial charge on any atom is 0.472 e. The van der Waals surface area contributed by atoms with Crippen molar-refractivity contribution >= 4 is 25.7 Å². The van der Waals surface area contributed by atoms with Gasteiger partial charge in [-0.2, -0.15) is 0 Å². The predicted molar refractivity (Wildman–Crippen MR) is 298 cm³/mol. The van der Waals surface area contributed by atoms with Gasteiger partial charge in [-0.3, -0.25) is 23.4 Å². The zero-order chi connectivity index (χ0) is 52.7.